The van der Waals surface area contributed by atoms with Crippen LogP contribution in [-0.2, 0) is 4.79 Å². The van der Waals surface area contributed by atoms with Crippen LogP contribution in [0, 0.1) is 11.7 Å². The highest BCUT2D eigenvalue weighted by Crippen LogP contribution is 2.32. The fourth-order valence-electron chi connectivity index (χ4n) is 4.85. The van der Waals surface area contributed by atoms with E-state index < -0.39 is 11.7 Å². The molecule has 10 nitrogen and oxygen atoms in total. The van der Waals surface area contributed by atoms with Gasteiger partial charge in [0.2, 0.25) is 0 Å². The largest absolute Gasteiger partial charge is 0.379 e. The molecular formula is C26H33FN8O2. The van der Waals surface area contributed by atoms with E-state index in [0.717, 1.165) is 56.8 Å². The van der Waals surface area contributed by atoms with Gasteiger partial charge in [-0.25, -0.2) is 13.9 Å². The molecule has 2 fully saturated rings. The molecule has 37 heavy (non-hydrogen) atoms. The van der Waals surface area contributed by atoms with Crippen LogP contribution in [0.4, 0.5) is 21.6 Å². The summed E-state index contributed by atoms with van der Waals surface area (Å²) in [5.74, 6) is 0.234. The van der Waals surface area contributed by atoms with Gasteiger partial charge in [-0.1, -0.05) is 0 Å². The van der Waals surface area contributed by atoms with Gasteiger partial charge in [-0.3, -0.25) is 14.6 Å². The summed E-state index contributed by atoms with van der Waals surface area (Å²) in [4.78, 5) is 33.3. The van der Waals surface area contributed by atoms with Crippen LogP contribution in [-0.4, -0.2) is 49.9 Å². The Labute approximate surface area is 214 Å². The van der Waals surface area contributed by atoms with Crippen molar-refractivity contribution in [3.63, 3.8) is 0 Å². The highest BCUT2D eigenvalue weighted by atomic mass is 19.1. The topological polar surface area (TPSA) is 139 Å². The molecule has 1 amide bonds. The minimum absolute atomic E-state index is 0.0406. The smallest absolute Gasteiger partial charge is 0.276 e. The zero-order valence-electron chi connectivity index (χ0n) is 20.8. The number of ketones is 1. The molecule has 11 heteroatoms. The number of nitrogens with two attached hydrogens (primary N) is 1. The van der Waals surface area contributed by atoms with Gasteiger partial charge in [0.1, 0.15) is 11.6 Å². The molecule has 3 aromatic heterocycles. The lowest BCUT2D eigenvalue weighted by Gasteiger charge is -2.29. The van der Waals surface area contributed by atoms with E-state index in [1.54, 1.807) is 0 Å². The van der Waals surface area contributed by atoms with Gasteiger partial charge in [-0.15, -0.1) is 5.10 Å². The number of carbonyl (C=O) groups is 2. The molecule has 0 aromatic carbocycles. The molecule has 3 heterocycles. The second-order valence-electron chi connectivity index (χ2n) is 10.0. The standard InChI is InChI=1S/C26H33FN8O2/c27-20-14-29-11-9-21(20)33-26(37)23-15-30-25-22(31-17-7-8-17)13-24(34-35(23)25)32-18-5-3-16(4-6-18)12-19(36)2-1-10-28/h9,11,13-18,31H,1-8,10,12,28H2,(H,32,34)(H,29,33,37). The first-order valence-electron chi connectivity index (χ1n) is 13.0. The van der Waals surface area contributed by atoms with Gasteiger partial charge < -0.3 is 21.7 Å². The van der Waals surface area contributed by atoms with Gasteiger partial charge in [-0.05, 0) is 63.5 Å². The van der Waals surface area contributed by atoms with Gasteiger partial charge in [0.05, 0.1) is 23.8 Å². The van der Waals surface area contributed by atoms with E-state index in [4.69, 9.17) is 5.73 Å². The van der Waals surface area contributed by atoms with Gasteiger partial charge in [-0.2, -0.15) is 0 Å². The van der Waals surface area contributed by atoms with Crippen molar-refractivity contribution in [1.29, 1.82) is 0 Å². The first-order chi connectivity index (χ1) is 18.0. The number of halogens is 1. The van der Waals surface area contributed by atoms with Crippen molar-refractivity contribution in [2.45, 2.75) is 69.9 Å². The number of amides is 1. The van der Waals surface area contributed by atoms with E-state index in [1.165, 1.54) is 23.0 Å². The number of rotatable bonds is 11. The van der Waals surface area contributed by atoms with E-state index in [-0.39, 0.29) is 17.4 Å². The summed E-state index contributed by atoms with van der Waals surface area (Å²) in [6.07, 6.45) is 11.9. The summed E-state index contributed by atoms with van der Waals surface area (Å²) < 4.78 is 15.5. The number of hydrogen-bond acceptors (Lipinski definition) is 8. The number of imidazole rings is 1. The van der Waals surface area contributed by atoms with Crippen molar-refractivity contribution in [3.8, 4) is 0 Å². The number of fused-ring (bicyclic) bond motifs is 1. The Balaban J connectivity index is 1.30. The molecule has 3 aromatic rings. The first-order valence-corrected chi connectivity index (χ1v) is 13.0. The third kappa shape index (κ3) is 6.22. The third-order valence-corrected chi connectivity index (χ3v) is 7.03. The van der Waals surface area contributed by atoms with Crippen LogP contribution in [0.5, 0.6) is 0 Å². The number of nitrogens with zero attached hydrogens (tertiary/aromatic N) is 4. The average molecular weight is 509 g/mol. The molecule has 0 atom stereocenters. The van der Waals surface area contributed by atoms with Crippen LogP contribution in [0.25, 0.3) is 5.65 Å². The monoisotopic (exact) mass is 508 g/mol. The highest BCUT2D eigenvalue weighted by Gasteiger charge is 2.26. The van der Waals surface area contributed by atoms with E-state index in [2.05, 4.69) is 31.0 Å². The molecule has 2 aliphatic carbocycles. The maximum absolute atomic E-state index is 14.0. The minimum atomic E-state index is -0.618. The predicted octanol–water partition coefficient (Wildman–Crippen LogP) is 3.76. The van der Waals surface area contributed by atoms with Gasteiger partial charge in [0.15, 0.2) is 17.2 Å². The number of aromatic nitrogens is 4. The Kier molecular flexibility index (Phi) is 7.59. The van der Waals surface area contributed by atoms with Crippen molar-refractivity contribution >= 4 is 34.5 Å². The summed E-state index contributed by atoms with van der Waals surface area (Å²) >= 11 is 0. The SMILES string of the molecule is NCCCC(=O)CC1CCC(Nc2cc(NC3CC3)c3ncc(C(=O)Nc4ccncc4F)n3n2)CC1. The molecule has 5 rings (SSSR count). The predicted molar refractivity (Wildman–Crippen MR) is 139 cm³/mol. The molecule has 5 N–H and O–H groups in total. The fourth-order valence-corrected chi connectivity index (χ4v) is 4.85. The maximum atomic E-state index is 14.0. The van der Waals surface area contributed by atoms with E-state index >= 15 is 0 Å². The first kappa shape index (κ1) is 25.1. The number of anilines is 3. The molecule has 0 bridgehead atoms. The van der Waals surface area contributed by atoms with Crippen molar-refractivity contribution in [2.75, 3.05) is 22.5 Å². The van der Waals surface area contributed by atoms with Crippen molar-refractivity contribution in [2.24, 2.45) is 11.7 Å². The average Bonchev–Trinajstić information content (AvgIpc) is 3.60. The number of hydrogen-bond donors (Lipinski definition) is 4. The lowest BCUT2D eigenvalue weighted by molar-refractivity contribution is -0.120. The van der Waals surface area contributed by atoms with Gasteiger partial charge in [0, 0.05) is 37.2 Å². The van der Waals surface area contributed by atoms with Crippen LogP contribution >= 0.6 is 0 Å². The Morgan fingerprint density at radius 2 is 1.81 bits per heavy atom. The Morgan fingerprint density at radius 1 is 1.05 bits per heavy atom. The van der Waals surface area contributed by atoms with Crippen LogP contribution in [0.2, 0.25) is 0 Å². The fraction of sp³-hybridized carbons (Fsp3) is 0.500. The lowest BCUT2D eigenvalue weighted by Crippen LogP contribution is -2.28. The quantitative estimate of drug-likeness (QED) is 0.307. The minimum Gasteiger partial charge on any atom is -0.379 e. The van der Waals surface area contributed by atoms with Gasteiger partial charge >= 0.3 is 0 Å². The summed E-state index contributed by atoms with van der Waals surface area (Å²) in [7, 11) is 0. The Bertz CT molecular complexity index is 1270. The van der Waals surface area contributed by atoms with Crippen molar-refractivity contribution < 1.29 is 14.0 Å². The summed E-state index contributed by atoms with van der Waals surface area (Å²) in [5, 5.41) is 14.3. The van der Waals surface area contributed by atoms with E-state index in [1.807, 2.05) is 6.07 Å². The van der Waals surface area contributed by atoms with Crippen molar-refractivity contribution in [1.82, 2.24) is 19.6 Å². The molecule has 196 valence electrons. The zero-order valence-corrected chi connectivity index (χ0v) is 20.8. The molecule has 2 aliphatic rings. The Hall–Kier alpha value is -3.60. The van der Waals surface area contributed by atoms with Gasteiger partial charge in [0.25, 0.3) is 5.91 Å². The number of pyridine rings is 1. The Morgan fingerprint density at radius 3 is 2.54 bits per heavy atom. The van der Waals surface area contributed by atoms with Crippen LogP contribution in [0.1, 0.15) is 68.3 Å². The second kappa shape index (κ2) is 11.2. The zero-order chi connectivity index (χ0) is 25.8. The van der Waals surface area contributed by atoms with E-state index in [9.17, 15) is 14.0 Å². The molecule has 0 radical (unpaired) electrons. The van der Waals surface area contributed by atoms with Crippen LogP contribution in [0.3, 0.4) is 0 Å². The summed E-state index contributed by atoms with van der Waals surface area (Å²) in [6.45, 7) is 0.554. The number of carbonyl (C=O) groups excluding carboxylic acids is 2. The summed E-state index contributed by atoms with van der Waals surface area (Å²) in [5.41, 5.74) is 7.10. The lowest BCUT2D eigenvalue weighted by atomic mass is 9.82. The van der Waals surface area contributed by atoms with Crippen LogP contribution < -0.4 is 21.7 Å². The van der Waals surface area contributed by atoms with E-state index in [0.29, 0.717) is 48.6 Å². The number of Topliss-reactive ketones (excluding diaryl/α,β-unsaturated/α-hetero) is 1. The normalized spacial score (nSPS) is 19.5. The maximum Gasteiger partial charge on any atom is 0.276 e. The second-order valence-corrected chi connectivity index (χ2v) is 10.0. The molecular weight excluding hydrogens is 475 g/mol. The highest BCUT2D eigenvalue weighted by molar-refractivity contribution is 6.03. The molecule has 2 saturated carbocycles. The third-order valence-electron chi connectivity index (χ3n) is 7.03. The summed E-state index contributed by atoms with van der Waals surface area (Å²) in [6, 6.07) is 3.94. The number of nitrogens with one attached hydrogen (secondary N) is 3. The van der Waals surface area contributed by atoms with Crippen LogP contribution in [0.15, 0.2) is 30.7 Å². The molecule has 0 aliphatic heterocycles. The molecule has 0 spiro atoms. The van der Waals surface area contributed by atoms with Crippen molar-refractivity contribution in [3.05, 3.63) is 42.2 Å². The molecule has 0 unspecified atom stereocenters. The molecule has 0 saturated heterocycles.